The number of carboxylic acids is 2. The van der Waals surface area contributed by atoms with E-state index >= 15 is 0 Å². The standard InChI is InChI=1S/C10H14O4/c11-9(12)7-3-1-2-4-8(6-5-7)10(13)14/h5,8H,1-4,6H2,(H,11,12)(H,13,14). The van der Waals surface area contributed by atoms with Gasteiger partial charge in [-0.25, -0.2) is 4.79 Å². The van der Waals surface area contributed by atoms with E-state index in [9.17, 15) is 9.59 Å². The fourth-order valence-corrected chi connectivity index (χ4v) is 1.63. The highest BCUT2D eigenvalue weighted by Crippen LogP contribution is 2.21. The molecule has 0 aromatic rings. The Morgan fingerprint density at radius 3 is 2.57 bits per heavy atom. The Morgan fingerprint density at radius 2 is 2.00 bits per heavy atom. The second kappa shape index (κ2) is 4.79. The fourth-order valence-electron chi connectivity index (χ4n) is 1.63. The van der Waals surface area contributed by atoms with Crippen LogP contribution in [0, 0.1) is 5.92 Å². The highest BCUT2D eigenvalue weighted by Gasteiger charge is 2.19. The number of allylic oxidation sites excluding steroid dienone is 1. The van der Waals surface area contributed by atoms with E-state index in [2.05, 4.69) is 0 Å². The van der Waals surface area contributed by atoms with E-state index in [4.69, 9.17) is 10.2 Å². The van der Waals surface area contributed by atoms with Crippen molar-refractivity contribution in [3.63, 3.8) is 0 Å². The Labute approximate surface area is 82.2 Å². The normalized spacial score (nSPS) is 23.1. The van der Waals surface area contributed by atoms with Crippen molar-refractivity contribution < 1.29 is 19.8 Å². The third-order valence-electron chi connectivity index (χ3n) is 2.52. The van der Waals surface area contributed by atoms with Gasteiger partial charge in [-0.15, -0.1) is 0 Å². The molecule has 0 heterocycles. The molecule has 0 aromatic carbocycles. The summed E-state index contributed by atoms with van der Waals surface area (Å²) in [6.45, 7) is 0. The molecule has 1 aliphatic carbocycles. The summed E-state index contributed by atoms with van der Waals surface area (Å²) >= 11 is 0. The van der Waals surface area contributed by atoms with Gasteiger partial charge in [0.1, 0.15) is 0 Å². The van der Waals surface area contributed by atoms with E-state index in [1.165, 1.54) is 0 Å². The van der Waals surface area contributed by atoms with Gasteiger partial charge < -0.3 is 10.2 Å². The van der Waals surface area contributed by atoms with Gasteiger partial charge in [0.15, 0.2) is 0 Å². The SMILES string of the molecule is O=C(O)C1=CCC(C(=O)O)CCCC1. The number of hydrogen-bond acceptors (Lipinski definition) is 2. The number of carboxylic acid groups (broad SMARTS) is 2. The largest absolute Gasteiger partial charge is 0.481 e. The van der Waals surface area contributed by atoms with Gasteiger partial charge in [-0.3, -0.25) is 4.79 Å². The van der Waals surface area contributed by atoms with Gasteiger partial charge in [0.05, 0.1) is 5.92 Å². The van der Waals surface area contributed by atoms with Crippen LogP contribution in [0.15, 0.2) is 11.6 Å². The zero-order valence-electron chi connectivity index (χ0n) is 7.90. The number of aliphatic carboxylic acids is 2. The number of rotatable bonds is 2. The van der Waals surface area contributed by atoms with Crippen molar-refractivity contribution in [2.24, 2.45) is 5.92 Å². The van der Waals surface area contributed by atoms with Gasteiger partial charge in [-0.1, -0.05) is 12.5 Å². The molecular weight excluding hydrogens is 184 g/mol. The van der Waals surface area contributed by atoms with Gasteiger partial charge in [0.25, 0.3) is 0 Å². The Bertz CT molecular complexity index is 267. The Hall–Kier alpha value is -1.32. The van der Waals surface area contributed by atoms with E-state index in [0.29, 0.717) is 24.8 Å². The van der Waals surface area contributed by atoms with E-state index in [0.717, 1.165) is 12.8 Å². The lowest BCUT2D eigenvalue weighted by Gasteiger charge is -2.13. The molecule has 1 atom stereocenters. The molecule has 1 unspecified atom stereocenters. The average Bonchev–Trinajstić information content (AvgIpc) is 2.01. The minimum absolute atomic E-state index is 0.344. The molecule has 0 spiro atoms. The first-order valence-corrected chi connectivity index (χ1v) is 4.76. The van der Waals surface area contributed by atoms with Gasteiger partial charge in [0.2, 0.25) is 0 Å². The van der Waals surface area contributed by atoms with E-state index < -0.39 is 17.9 Å². The molecule has 2 N–H and O–H groups in total. The van der Waals surface area contributed by atoms with Crippen LogP contribution in [0.5, 0.6) is 0 Å². The number of hydrogen-bond donors (Lipinski definition) is 2. The minimum Gasteiger partial charge on any atom is -0.481 e. The zero-order chi connectivity index (χ0) is 10.6. The molecule has 4 heteroatoms. The minimum atomic E-state index is -0.920. The van der Waals surface area contributed by atoms with Gasteiger partial charge >= 0.3 is 11.9 Å². The number of carbonyl (C=O) groups is 2. The molecule has 0 bridgehead atoms. The van der Waals surface area contributed by atoms with Crippen LogP contribution < -0.4 is 0 Å². The van der Waals surface area contributed by atoms with Crippen LogP contribution in [-0.4, -0.2) is 22.2 Å². The van der Waals surface area contributed by atoms with E-state index in [1.807, 2.05) is 0 Å². The van der Waals surface area contributed by atoms with Gasteiger partial charge in [0, 0.05) is 5.57 Å². The molecule has 1 rings (SSSR count). The second-order valence-electron chi connectivity index (χ2n) is 3.55. The van der Waals surface area contributed by atoms with Crippen LogP contribution in [0.1, 0.15) is 32.1 Å². The summed E-state index contributed by atoms with van der Waals surface area (Å²) in [7, 11) is 0. The fraction of sp³-hybridized carbons (Fsp3) is 0.600. The van der Waals surface area contributed by atoms with Crippen molar-refractivity contribution in [3.05, 3.63) is 11.6 Å². The molecule has 0 saturated carbocycles. The molecule has 78 valence electrons. The first-order valence-electron chi connectivity index (χ1n) is 4.76. The van der Waals surface area contributed by atoms with Crippen molar-refractivity contribution in [1.29, 1.82) is 0 Å². The zero-order valence-corrected chi connectivity index (χ0v) is 7.90. The Balaban J connectivity index is 2.69. The third-order valence-corrected chi connectivity index (χ3v) is 2.52. The first kappa shape index (κ1) is 10.8. The van der Waals surface area contributed by atoms with Crippen molar-refractivity contribution in [2.75, 3.05) is 0 Å². The van der Waals surface area contributed by atoms with E-state index in [1.54, 1.807) is 6.08 Å². The van der Waals surface area contributed by atoms with Crippen molar-refractivity contribution in [3.8, 4) is 0 Å². The average molecular weight is 198 g/mol. The topological polar surface area (TPSA) is 74.6 Å². The monoisotopic (exact) mass is 198 g/mol. The maximum atomic E-state index is 10.7. The summed E-state index contributed by atoms with van der Waals surface area (Å²) in [5, 5.41) is 17.6. The highest BCUT2D eigenvalue weighted by molar-refractivity contribution is 5.86. The van der Waals surface area contributed by atoms with Crippen molar-refractivity contribution in [2.45, 2.75) is 32.1 Å². The summed E-state index contributed by atoms with van der Waals surface area (Å²) in [5.41, 5.74) is 0.357. The highest BCUT2D eigenvalue weighted by atomic mass is 16.4. The summed E-state index contributed by atoms with van der Waals surface area (Å²) in [5.74, 6) is -2.16. The van der Waals surface area contributed by atoms with Crippen molar-refractivity contribution >= 4 is 11.9 Å². The van der Waals surface area contributed by atoms with Crippen LogP contribution in [0.25, 0.3) is 0 Å². The molecule has 1 aliphatic rings. The maximum Gasteiger partial charge on any atom is 0.331 e. The first-order chi connectivity index (χ1) is 6.61. The lowest BCUT2D eigenvalue weighted by molar-refractivity contribution is -0.142. The van der Waals surface area contributed by atoms with Crippen LogP contribution in [0.4, 0.5) is 0 Å². The molecule has 0 amide bonds. The second-order valence-corrected chi connectivity index (χ2v) is 3.55. The predicted octanol–water partition coefficient (Wildman–Crippen LogP) is 1.66. The van der Waals surface area contributed by atoms with Crippen LogP contribution >= 0.6 is 0 Å². The van der Waals surface area contributed by atoms with Gasteiger partial charge in [-0.2, -0.15) is 0 Å². The summed E-state index contributed by atoms with van der Waals surface area (Å²) in [6.07, 6.45) is 4.67. The Morgan fingerprint density at radius 1 is 1.29 bits per heavy atom. The van der Waals surface area contributed by atoms with Crippen LogP contribution in [-0.2, 0) is 9.59 Å². The van der Waals surface area contributed by atoms with Crippen LogP contribution in [0.3, 0.4) is 0 Å². The lowest BCUT2D eigenvalue weighted by Crippen LogP contribution is -2.15. The molecule has 0 aromatic heterocycles. The predicted molar refractivity (Wildman–Crippen MR) is 49.9 cm³/mol. The Kier molecular flexibility index (Phi) is 3.68. The summed E-state index contributed by atoms with van der Waals surface area (Å²) in [4.78, 5) is 21.4. The quantitative estimate of drug-likeness (QED) is 0.707. The molecular formula is C10H14O4. The smallest absolute Gasteiger partial charge is 0.331 e. The maximum absolute atomic E-state index is 10.7. The molecule has 0 saturated heterocycles. The van der Waals surface area contributed by atoms with E-state index in [-0.39, 0.29) is 0 Å². The third kappa shape index (κ3) is 2.87. The molecule has 0 fully saturated rings. The van der Waals surface area contributed by atoms with Crippen molar-refractivity contribution in [1.82, 2.24) is 0 Å². The summed E-state index contributed by atoms with van der Waals surface area (Å²) < 4.78 is 0. The molecule has 0 aliphatic heterocycles. The molecule has 14 heavy (non-hydrogen) atoms. The lowest BCUT2D eigenvalue weighted by atomic mass is 9.92. The summed E-state index contributed by atoms with van der Waals surface area (Å²) in [6, 6.07) is 0. The van der Waals surface area contributed by atoms with Gasteiger partial charge in [-0.05, 0) is 25.7 Å². The molecule has 0 radical (unpaired) electrons. The molecule has 4 nitrogen and oxygen atoms in total. The van der Waals surface area contributed by atoms with Crippen LogP contribution in [0.2, 0.25) is 0 Å².